The standard InChI is InChI=1S/C21H31N3O4/c1-3-18(25)24-13-10-16(11-14-24)19(21(27)22-12-7-15-28-2)23-20(26)17-8-5-4-6-9-17/h4-6,8-9,16,19H,3,7,10-15H2,1-2H3,(H,22,27)(H,23,26)/t19-/m1/s1. The van der Waals surface area contributed by atoms with Gasteiger partial charge in [0.1, 0.15) is 6.04 Å². The fourth-order valence-electron chi connectivity index (χ4n) is 3.46. The first-order valence-corrected chi connectivity index (χ1v) is 9.97. The van der Waals surface area contributed by atoms with Gasteiger partial charge in [-0.25, -0.2) is 0 Å². The average Bonchev–Trinajstić information content (AvgIpc) is 2.75. The SMILES string of the molecule is CCC(=O)N1CCC([C@@H](NC(=O)c2ccccc2)C(=O)NCCCOC)CC1. The van der Waals surface area contributed by atoms with Crippen LogP contribution in [0, 0.1) is 5.92 Å². The first-order chi connectivity index (χ1) is 13.6. The Bertz CT molecular complexity index is 642. The van der Waals surface area contributed by atoms with Gasteiger partial charge in [-0.15, -0.1) is 0 Å². The minimum Gasteiger partial charge on any atom is -0.385 e. The summed E-state index contributed by atoms with van der Waals surface area (Å²) in [6.45, 7) is 4.15. The second kappa shape index (κ2) is 11.4. The molecule has 1 aliphatic rings. The van der Waals surface area contributed by atoms with Crippen molar-refractivity contribution in [3.05, 3.63) is 35.9 Å². The van der Waals surface area contributed by atoms with Gasteiger partial charge in [-0.1, -0.05) is 25.1 Å². The van der Waals surface area contributed by atoms with Crippen molar-refractivity contribution in [2.24, 2.45) is 5.92 Å². The van der Waals surface area contributed by atoms with Crippen LogP contribution in [0.4, 0.5) is 0 Å². The molecule has 7 nitrogen and oxygen atoms in total. The second-order valence-corrected chi connectivity index (χ2v) is 7.03. The van der Waals surface area contributed by atoms with Gasteiger partial charge in [-0.05, 0) is 37.3 Å². The molecule has 1 aromatic rings. The summed E-state index contributed by atoms with van der Waals surface area (Å²) in [6.07, 6.45) is 2.58. The fourth-order valence-corrected chi connectivity index (χ4v) is 3.46. The van der Waals surface area contributed by atoms with Crippen molar-refractivity contribution >= 4 is 17.7 Å². The molecule has 1 atom stereocenters. The molecule has 1 heterocycles. The molecule has 0 unspecified atom stereocenters. The summed E-state index contributed by atoms with van der Waals surface area (Å²) in [7, 11) is 1.62. The van der Waals surface area contributed by atoms with E-state index in [1.807, 2.05) is 17.9 Å². The van der Waals surface area contributed by atoms with Gasteiger partial charge in [0.2, 0.25) is 11.8 Å². The molecule has 0 aromatic heterocycles. The third-order valence-corrected chi connectivity index (χ3v) is 5.10. The Balaban J connectivity index is 2.02. The van der Waals surface area contributed by atoms with Crippen LogP contribution in [0.15, 0.2) is 30.3 Å². The van der Waals surface area contributed by atoms with E-state index >= 15 is 0 Å². The maximum Gasteiger partial charge on any atom is 0.251 e. The van der Waals surface area contributed by atoms with Gasteiger partial charge in [-0.2, -0.15) is 0 Å². The number of benzene rings is 1. The molecule has 0 spiro atoms. The molecular formula is C21H31N3O4. The van der Waals surface area contributed by atoms with Crippen LogP contribution in [0.2, 0.25) is 0 Å². The van der Waals surface area contributed by atoms with E-state index in [1.165, 1.54) is 0 Å². The molecular weight excluding hydrogens is 358 g/mol. The molecule has 1 saturated heterocycles. The van der Waals surface area contributed by atoms with Crippen LogP contribution in [0.5, 0.6) is 0 Å². The average molecular weight is 389 g/mol. The lowest BCUT2D eigenvalue weighted by Gasteiger charge is -2.35. The summed E-state index contributed by atoms with van der Waals surface area (Å²) in [6, 6.07) is 8.27. The number of amides is 3. The van der Waals surface area contributed by atoms with Crippen LogP contribution in [0.25, 0.3) is 0 Å². The Morgan fingerprint density at radius 3 is 2.46 bits per heavy atom. The van der Waals surface area contributed by atoms with E-state index < -0.39 is 6.04 Å². The molecule has 1 fully saturated rings. The Morgan fingerprint density at radius 1 is 1.18 bits per heavy atom. The van der Waals surface area contributed by atoms with Crippen LogP contribution >= 0.6 is 0 Å². The van der Waals surface area contributed by atoms with Gasteiger partial charge in [0.15, 0.2) is 0 Å². The Hall–Kier alpha value is -2.41. The summed E-state index contributed by atoms with van der Waals surface area (Å²) < 4.78 is 5.01. The van der Waals surface area contributed by atoms with E-state index in [0.717, 1.165) is 0 Å². The van der Waals surface area contributed by atoms with E-state index in [2.05, 4.69) is 10.6 Å². The highest BCUT2D eigenvalue weighted by Gasteiger charge is 2.33. The molecule has 3 amide bonds. The molecule has 28 heavy (non-hydrogen) atoms. The van der Waals surface area contributed by atoms with E-state index in [0.29, 0.717) is 57.5 Å². The van der Waals surface area contributed by atoms with Crippen molar-refractivity contribution in [1.29, 1.82) is 0 Å². The van der Waals surface area contributed by atoms with Crippen LogP contribution < -0.4 is 10.6 Å². The first-order valence-electron chi connectivity index (χ1n) is 9.97. The summed E-state index contributed by atoms with van der Waals surface area (Å²) in [4.78, 5) is 39.2. The Kier molecular flexibility index (Phi) is 8.94. The minimum atomic E-state index is -0.617. The third-order valence-electron chi connectivity index (χ3n) is 5.10. The van der Waals surface area contributed by atoms with Gasteiger partial charge < -0.3 is 20.3 Å². The maximum absolute atomic E-state index is 12.8. The van der Waals surface area contributed by atoms with Crippen LogP contribution in [0.3, 0.4) is 0 Å². The van der Waals surface area contributed by atoms with Gasteiger partial charge in [0.05, 0.1) is 0 Å². The third kappa shape index (κ3) is 6.34. The van der Waals surface area contributed by atoms with Crippen molar-refractivity contribution in [1.82, 2.24) is 15.5 Å². The largest absolute Gasteiger partial charge is 0.385 e. The number of piperidine rings is 1. The van der Waals surface area contributed by atoms with Crippen molar-refractivity contribution in [3.63, 3.8) is 0 Å². The number of rotatable bonds is 9. The monoisotopic (exact) mass is 389 g/mol. The molecule has 1 aliphatic heterocycles. The zero-order chi connectivity index (χ0) is 20.4. The molecule has 7 heteroatoms. The van der Waals surface area contributed by atoms with E-state index in [1.54, 1.807) is 31.4 Å². The van der Waals surface area contributed by atoms with Crippen molar-refractivity contribution in [2.45, 2.75) is 38.6 Å². The molecule has 2 N–H and O–H groups in total. The summed E-state index contributed by atoms with van der Waals surface area (Å²) in [5, 5.41) is 5.82. The molecule has 0 radical (unpaired) electrons. The maximum atomic E-state index is 12.8. The molecule has 0 saturated carbocycles. The van der Waals surface area contributed by atoms with E-state index in [9.17, 15) is 14.4 Å². The number of likely N-dealkylation sites (tertiary alicyclic amines) is 1. The highest BCUT2D eigenvalue weighted by molar-refractivity contribution is 5.97. The number of carbonyl (C=O) groups is 3. The lowest BCUT2D eigenvalue weighted by atomic mass is 9.88. The highest BCUT2D eigenvalue weighted by Crippen LogP contribution is 2.22. The fraction of sp³-hybridized carbons (Fsp3) is 0.571. The van der Waals surface area contributed by atoms with Crippen LogP contribution in [-0.2, 0) is 14.3 Å². The number of hydrogen-bond donors (Lipinski definition) is 2. The second-order valence-electron chi connectivity index (χ2n) is 7.03. The van der Waals surface area contributed by atoms with Crippen LogP contribution in [0.1, 0.15) is 43.0 Å². The minimum absolute atomic E-state index is 0.00371. The number of ether oxygens (including phenoxy) is 1. The number of nitrogens with one attached hydrogen (secondary N) is 2. The number of nitrogens with zero attached hydrogens (tertiary/aromatic N) is 1. The lowest BCUT2D eigenvalue weighted by molar-refractivity contribution is -0.132. The summed E-state index contributed by atoms with van der Waals surface area (Å²) in [5.41, 5.74) is 0.526. The number of carbonyl (C=O) groups excluding carboxylic acids is 3. The Labute approximate surface area is 166 Å². The van der Waals surface area contributed by atoms with Crippen molar-refractivity contribution < 1.29 is 19.1 Å². The summed E-state index contributed by atoms with van der Waals surface area (Å²) in [5.74, 6) is -0.311. The first kappa shape index (κ1) is 21.9. The zero-order valence-electron chi connectivity index (χ0n) is 16.8. The van der Waals surface area contributed by atoms with Gasteiger partial charge >= 0.3 is 0 Å². The van der Waals surface area contributed by atoms with E-state index in [-0.39, 0.29) is 23.6 Å². The summed E-state index contributed by atoms with van der Waals surface area (Å²) >= 11 is 0. The van der Waals surface area contributed by atoms with Gasteiger partial charge in [0.25, 0.3) is 5.91 Å². The zero-order valence-corrected chi connectivity index (χ0v) is 16.8. The molecule has 0 aliphatic carbocycles. The molecule has 0 bridgehead atoms. The van der Waals surface area contributed by atoms with E-state index in [4.69, 9.17) is 4.74 Å². The Morgan fingerprint density at radius 2 is 1.86 bits per heavy atom. The van der Waals surface area contributed by atoms with Gasteiger partial charge in [-0.3, -0.25) is 14.4 Å². The highest BCUT2D eigenvalue weighted by atomic mass is 16.5. The molecule has 2 rings (SSSR count). The van der Waals surface area contributed by atoms with Crippen molar-refractivity contribution in [3.8, 4) is 0 Å². The predicted molar refractivity (Wildman–Crippen MR) is 107 cm³/mol. The number of methoxy groups -OCH3 is 1. The molecule has 1 aromatic carbocycles. The quantitative estimate of drug-likeness (QED) is 0.628. The predicted octanol–water partition coefficient (Wildman–Crippen LogP) is 1.59. The lowest BCUT2D eigenvalue weighted by Crippen LogP contribution is -2.54. The number of hydrogen-bond acceptors (Lipinski definition) is 4. The topological polar surface area (TPSA) is 87.7 Å². The smallest absolute Gasteiger partial charge is 0.251 e. The van der Waals surface area contributed by atoms with Gasteiger partial charge in [0, 0.05) is 45.3 Å². The normalized spacial score (nSPS) is 15.7. The van der Waals surface area contributed by atoms with Crippen LogP contribution in [-0.4, -0.2) is 62.0 Å². The van der Waals surface area contributed by atoms with Crippen molar-refractivity contribution in [2.75, 3.05) is 33.4 Å². The molecule has 154 valence electrons.